The van der Waals surface area contributed by atoms with Gasteiger partial charge in [-0.25, -0.2) is 15.0 Å². The van der Waals surface area contributed by atoms with Crippen LogP contribution in [0.15, 0.2) is 188 Å². The number of nitrogens with zero attached hydrogens (tertiary/aromatic N) is 3. The van der Waals surface area contributed by atoms with Crippen LogP contribution in [0.4, 0.5) is 0 Å². The van der Waals surface area contributed by atoms with Gasteiger partial charge in [0.15, 0.2) is 17.5 Å². The molecule has 1 aromatic heterocycles. The van der Waals surface area contributed by atoms with Crippen LogP contribution in [0.2, 0.25) is 0 Å². The third-order valence-corrected chi connectivity index (χ3v) is 9.60. The molecule has 10 rings (SSSR count). The number of hydrogen-bond acceptors (Lipinski definition) is 3. The van der Waals surface area contributed by atoms with E-state index in [9.17, 15) is 0 Å². The van der Waals surface area contributed by atoms with Crippen LogP contribution in [-0.2, 0) is 0 Å². The first-order chi connectivity index (χ1) is 28.7. The van der Waals surface area contributed by atoms with Crippen LogP contribution in [0.25, 0.3) is 99.5 Å². The Morgan fingerprint density at radius 1 is 0.308 bits per heavy atom. The highest BCUT2D eigenvalue weighted by molar-refractivity contribution is 6.01. The van der Waals surface area contributed by atoms with Crippen molar-refractivity contribution in [3.8, 4) is 56.4 Å². The first-order valence-electron chi connectivity index (χ1n) is 20.5. The molecule has 0 bridgehead atoms. The van der Waals surface area contributed by atoms with E-state index in [0.717, 1.165) is 43.8 Å². The predicted octanol–water partition coefficient (Wildman–Crippen LogP) is 12.8. The number of hydrogen-bond donors (Lipinski definition) is 0. The Balaban J connectivity index is 1.20. The average Bonchev–Trinajstić information content (AvgIpc) is 3.28. The highest BCUT2D eigenvalue weighted by Gasteiger charge is 2.17. The van der Waals surface area contributed by atoms with E-state index in [1.807, 2.05) is 78.9 Å². The zero-order chi connectivity index (χ0) is 40.5. The molecule has 52 heavy (non-hydrogen) atoms. The fourth-order valence-corrected chi connectivity index (χ4v) is 7.04. The summed E-state index contributed by atoms with van der Waals surface area (Å²) < 4.78 is 61.1. The average molecular weight is 669 g/mol. The van der Waals surface area contributed by atoms with Gasteiger partial charge in [-0.1, -0.05) is 170 Å². The minimum Gasteiger partial charge on any atom is -0.208 e. The molecule has 3 nitrogen and oxygen atoms in total. The standard InChI is InChI=1S/C49H31N3/c1-2-11-32(12-3-1)35-27-28-44-38(29-35)17-10-22-46(44)49-51-47(50-48(52-49)45-21-9-16-34-14-5-7-19-42(34)45)40-26-24-36-30-39(25-23-37(36)31-40)43-20-8-15-33-13-4-6-18-41(33)43/h1-31H/i5D,7D,9D,14D,16D,19D,21D. The fourth-order valence-electron chi connectivity index (χ4n) is 7.04. The van der Waals surface area contributed by atoms with Crippen molar-refractivity contribution in [3.63, 3.8) is 0 Å². The van der Waals surface area contributed by atoms with E-state index >= 15 is 0 Å². The Kier molecular flexibility index (Phi) is 5.60. The van der Waals surface area contributed by atoms with E-state index < -0.39 is 42.3 Å². The van der Waals surface area contributed by atoms with Gasteiger partial charge in [-0.05, 0) is 83.5 Å². The SMILES string of the molecule is [2H]c1c([2H])c([2H])c2c(-c3nc(-c4ccc5cc(-c6cccc7ccccc67)ccc5c4)nc(-c4cccc5cc(-c6ccccc6)ccc45)n3)c([2H])c([2H])c([2H])c2c1[2H]. The highest BCUT2D eigenvalue weighted by Crippen LogP contribution is 2.36. The number of benzene rings is 9. The lowest BCUT2D eigenvalue weighted by Crippen LogP contribution is -2.01. The van der Waals surface area contributed by atoms with E-state index in [4.69, 9.17) is 24.5 Å². The lowest BCUT2D eigenvalue weighted by Gasteiger charge is -2.13. The molecule has 3 heteroatoms. The molecule has 10 aromatic rings. The maximum Gasteiger partial charge on any atom is 0.164 e. The third-order valence-electron chi connectivity index (χ3n) is 9.60. The molecule has 0 radical (unpaired) electrons. The van der Waals surface area contributed by atoms with Gasteiger partial charge in [0.05, 0.1) is 9.60 Å². The Bertz CT molecular complexity index is 3360. The Hall–Kier alpha value is -6.97. The van der Waals surface area contributed by atoms with E-state index in [0.29, 0.717) is 11.1 Å². The van der Waals surface area contributed by atoms with Crippen LogP contribution in [0.1, 0.15) is 9.60 Å². The molecular weight excluding hydrogens is 631 g/mol. The molecule has 242 valence electrons. The molecule has 0 aliphatic carbocycles. The summed E-state index contributed by atoms with van der Waals surface area (Å²) in [5.74, 6) is 0.518. The Labute approximate surface area is 311 Å². The monoisotopic (exact) mass is 668 g/mol. The summed E-state index contributed by atoms with van der Waals surface area (Å²) in [6, 6.07) is 45.7. The summed E-state index contributed by atoms with van der Waals surface area (Å²) in [6.45, 7) is 0. The molecule has 0 aliphatic rings. The third kappa shape index (κ3) is 5.28. The van der Waals surface area contributed by atoms with Gasteiger partial charge in [0, 0.05) is 16.7 Å². The maximum atomic E-state index is 9.12. The van der Waals surface area contributed by atoms with Crippen LogP contribution < -0.4 is 0 Å². The summed E-state index contributed by atoms with van der Waals surface area (Å²) in [6.07, 6.45) is 0. The normalized spacial score (nSPS) is 13.3. The fraction of sp³-hybridized carbons (Fsp3) is 0. The van der Waals surface area contributed by atoms with Gasteiger partial charge in [-0.2, -0.15) is 0 Å². The predicted molar refractivity (Wildman–Crippen MR) is 217 cm³/mol. The van der Waals surface area contributed by atoms with Crippen LogP contribution in [0.3, 0.4) is 0 Å². The maximum absolute atomic E-state index is 9.12. The van der Waals surface area contributed by atoms with Crippen LogP contribution in [0, 0.1) is 0 Å². The first-order valence-corrected chi connectivity index (χ1v) is 17.0. The molecule has 1 heterocycles. The second kappa shape index (κ2) is 12.4. The number of fused-ring (bicyclic) bond motifs is 4. The lowest BCUT2D eigenvalue weighted by atomic mass is 9.95. The van der Waals surface area contributed by atoms with Gasteiger partial charge >= 0.3 is 0 Å². The lowest BCUT2D eigenvalue weighted by molar-refractivity contribution is 1.08. The Morgan fingerprint density at radius 2 is 0.923 bits per heavy atom. The smallest absolute Gasteiger partial charge is 0.164 e. The van der Waals surface area contributed by atoms with E-state index in [2.05, 4.69) is 66.7 Å². The van der Waals surface area contributed by atoms with Crippen molar-refractivity contribution in [3.05, 3.63) is 188 Å². The quantitative estimate of drug-likeness (QED) is 0.183. The summed E-state index contributed by atoms with van der Waals surface area (Å²) >= 11 is 0. The van der Waals surface area contributed by atoms with Crippen LogP contribution >= 0.6 is 0 Å². The zero-order valence-electron chi connectivity index (χ0n) is 34.7. The molecule has 0 fully saturated rings. The topological polar surface area (TPSA) is 38.7 Å². The zero-order valence-corrected chi connectivity index (χ0v) is 27.7. The van der Waals surface area contributed by atoms with Gasteiger partial charge in [-0.3, -0.25) is 0 Å². The molecule has 9 aromatic carbocycles. The largest absolute Gasteiger partial charge is 0.208 e. The van der Waals surface area contributed by atoms with Gasteiger partial charge < -0.3 is 0 Å². The van der Waals surface area contributed by atoms with Gasteiger partial charge in [0.25, 0.3) is 0 Å². The van der Waals surface area contributed by atoms with Crippen molar-refractivity contribution < 1.29 is 9.60 Å². The molecule has 0 saturated carbocycles. The van der Waals surface area contributed by atoms with Crippen molar-refractivity contribution in [1.29, 1.82) is 0 Å². The minimum absolute atomic E-state index is 0.0390. The van der Waals surface area contributed by atoms with Crippen molar-refractivity contribution in [2.45, 2.75) is 0 Å². The van der Waals surface area contributed by atoms with E-state index in [1.54, 1.807) is 0 Å². The molecule has 0 N–H and O–H groups in total. The number of rotatable bonds is 5. The Morgan fingerprint density at radius 3 is 1.81 bits per heavy atom. The van der Waals surface area contributed by atoms with Gasteiger partial charge in [-0.15, -0.1) is 0 Å². The molecule has 0 unspecified atom stereocenters. The molecule has 0 amide bonds. The number of aromatic nitrogens is 3. The summed E-state index contributed by atoms with van der Waals surface area (Å²) in [5.41, 5.74) is 5.63. The highest BCUT2D eigenvalue weighted by atomic mass is 15.0. The molecule has 0 saturated heterocycles. The molecular formula is C49H31N3. The van der Waals surface area contributed by atoms with Crippen molar-refractivity contribution in [2.24, 2.45) is 0 Å². The second-order valence-electron chi connectivity index (χ2n) is 12.7. The van der Waals surface area contributed by atoms with Crippen molar-refractivity contribution in [2.75, 3.05) is 0 Å². The van der Waals surface area contributed by atoms with Crippen molar-refractivity contribution in [1.82, 2.24) is 15.0 Å². The summed E-state index contributed by atoms with van der Waals surface area (Å²) in [5, 5.41) is 5.86. The van der Waals surface area contributed by atoms with E-state index in [1.165, 1.54) is 10.8 Å². The summed E-state index contributed by atoms with van der Waals surface area (Å²) in [4.78, 5) is 14.9. The first kappa shape index (κ1) is 23.4. The molecule has 0 aliphatic heterocycles. The summed E-state index contributed by atoms with van der Waals surface area (Å²) in [7, 11) is 0. The van der Waals surface area contributed by atoms with Crippen molar-refractivity contribution >= 4 is 43.1 Å². The van der Waals surface area contributed by atoms with E-state index in [-0.39, 0.29) is 33.8 Å². The van der Waals surface area contributed by atoms with Crippen LogP contribution in [0.5, 0.6) is 0 Å². The minimum atomic E-state index is -0.526. The van der Waals surface area contributed by atoms with Gasteiger partial charge in [0.2, 0.25) is 0 Å². The molecule has 0 spiro atoms. The van der Waals surface area contributed by atoms with Gasteiger partial charge in [0.1, 0.15) is 0 Å². The van der Waals surface area contributed by atoms with Crippen LogP contribution in [-0.4, -0.2) is 15.0 Å². The second-order valence-corrected chi connectivity index (χ2v) is 12.7. The molecule has 0 atom stereocenters.